The van der Waals surface area contributed by atoms with Crippen molar-refractivity contribution in [3.63, 3.8) is 0 Å². The van der Waals surface area contributed by atoms with Gasteiger partial charge in [-0.1, -0.05) is 36.4 Å². The lowest BCUT2D eigenvalue weighted by atomic mass is 9.84. The van der Waals surface area contributed by atoms with Crippen molar-refractivity contribution in [2.45, 2.75) is 30.6 Å². The number of benzene rings is 3. The van der Waals surface area contributed by atoms with E-state index in [2.05, 4.69) is 0 Å². The molecule has 4 rings (SSSR count). The first-order chi connectivity index (χ1) is 19.3. The van der Waals surface area contributed by atoms with Crippen LogP contribution in [0.25, 0.3) is 0 Å². The van der Waals surface area contributed by atoms with Gasteiger partial charge in [-0.2, -0.15) is 0 Å². The molecule has 9 heteroatoms. The molecule has 3 aromatic carbocycles. The van der Waals surface area contributed by atoms with E-state index >= 15 is 0 Å². The molecule has 2 N–H and O–H groups in total. The van der Waals surface area contributed by atoms with Crippen molar-refractivity contribution in [1.29, 1.82) is 0 Å². The molecule has 0 amide bonds. The summed E-state index contributed by atoms with van der Waals surface area (Å²) in [4.78, 5) is 15.9. The van der Waals surface area contributed by atoms with E-state index in [0.717, 1.165) is 41.0 Å². The molecule has 0 aliphatic rings. The number of nitrogens with zero attached hydrogens (tertiary/aromatic N) is 1. The molecule has 0 radical (unpaired) electrons. The Hall–Kier alpha value is -4.30. The average molecular weight is 566 g/mol. The molecule has 0 unspecified atom stereocenters. The highest BCUT2D eigenvalue weighted by atomic mass is 35.5. The minimum atomic E-state index is -0.945. The number of unbranched alkanes of at least 4 members (excludes halogenated alkanes) is 2. The third-order valence-corrected chi connectivity index (χ3v) is 7.17. The molecule has 0 saturated heterocycles. The monoisotopic (exact) mass is 565 g/mol. The largest absolute Gasteiger partial charge is 0.497 e. The minimum absolute atomic E-state index is 0.153. The van der Waals surface area contributed by atoms with E-state index in [4.69, 9.17) is 30.6 Å². The van der Waals surface area contributed by atoms with Gasteiger partial charge < -0.3 is 29.3 Å². The number of rotatable bonds is 13. The van der Waals surface area contributed by atoms with E-state index in [-0.39, 0.29) is 18.2 Å². The van der Waals surface area contributed by atoms with Gasteiger partial charge in [0.15, 0.2) is 0 Å². The molecule has 4 aromatic rings. The SMILES string of the molecule is COc1ccc(C(Cl)(c2ccc(OC)cc2)c2ccc(OCCCCCC(=O)On3c(O)ccc3O)cc2)cc1. The molecule has 0 fully saturated rings. The first kappa shape index (κ1) is 28.7. The first-order valence-electron chi connectivity index (χ1n) is 12.9. The fourth-order valence-electron chi connectivity index (χ4n) is 4.30. The highest BCUT2D eigenvalue weighted by Crippen LogP contribution is 2.44. The van der Waals surface area contributed by atoms with Crippen LogP contribution in [0.2, 0.25) is 0 Å². The maximum absolute atomic E-state index is 11.9. The lowest BCUT2D eigenvalue weighted by Gasteiger charge is -2.29. The number of hydrogen-bond acceptors (Lipinski definition) is 7. The average Bonchev–Trinajstić information content (AvgIpc) is 3.31. The Bertz CT molecular complexity index is 1320. The van der Waals surface area contributed by atoms with Crippen LogP contribution >= 0.6 is 11.6 Å². The van der Waals surface area contributed by atoms with Crippen LogP contribution in [0.1, 0.15) is 42.4 Å². The number of halogens is 1. The van der Waals surface area contributed by atoms with Crippen LogP contribution in [0.5, 0.6) is 29.0 Å². The summed E-state index contributed by atoms with van der Waals surface area (Å²) < 4.78 is 17.2. The van der Waals surface area contributed by atoms with Gasteiger partial charge in [0.1, 0.15) is 22.1 Å². The van der Waals surface area contributed by atoms with Gasteiger partial charge in [-0.15, -0.1) is 16.3 Å². The lowest BCUT2D eigenvalue weighted by Crippen LogP contribution is -2.22. The summed E-state index contributed by atoms with van der Waals surface area (Å²) in [5.41, 5.74) is 2.68. The summed E-state index contributed by atoms with van der Waals surface area (Å²) in [6, 6.07) is 25.6. The zero-order valence-electron chi connectivity index (χ0n) is 22.4. The molecule has 210 valence electrons. The number of alkyl halides is 1. The van der Waals surface area contributed by atoms with Crippen molar-refractivity contribution < 1.29 is 34.1 Å². The predicted octanol–water partition coefficient (Wildman–Crippen LogP) is 6.04. The molecule has 0 spiro atoms. The fraction of sp³-hybridized carbons (Fsp3) is 0.258. The second kappa shape index (κ2) is 13.2. The van der Waals surface area contributed by atoms with Crippen LogP contribution in [0.15, 0.2) is 84.9 Å². The van der Waals surface area contributed by atoms with Gasteiger partial charge in [0.2, 0.25) is 11.8 Å². The fourth-order valence-corrected chi connectivity index (χ4v) is 4.68. The second-order valence-electron chi connectivity index (χ2n) is 9.11. The Morgan fingerprint density at radius 3 is 1.60 bits per heavy atom. The van der Waals surface area contributed by atoms with Crippen molar-refractivity contribution in [3.05, 3.63) is 102 Å². The number of methoxy groups -OCH3 is 2. The van der Waals surface area contributed by atoms with Crippen molar-refractivity contribution >= 4 is 17.6 Å². The Balaban J connectivity index is 1.34. The highest BCUT2D eigenvalue weighted by molar-refractivity contribution is 6.28. The summed E-state index contributed by atoms with van der Waals surface area (Å²) in [6.07, 6.45) is 2.23. The Labute approximate surface area is 238 Å². The van der Waals surface area contributed by atoms with Crippen LogP contribution in [-0.4, -0.2) is 41.7 Å². The van der Waals surface area contributed by atoms with Gasteiger partial charge >= 0.3 is 5.97 Å². The first-order valence-corrected chi connectivity index (χ1v) is 13.2. The molecule has 1 heterocycles. The molecule has 0 bridgehead atoms. The molecule has 8 nitrogen and oxygen atoms in total. The number of aromatic hydroxyl groups is 2. The van der Waals surface area contributed by atoms with E-state index in [1.165, 1.54) is 12.1 Å². The molecular weight excluding hydrogens is 534 g/mol. The number of ether oxygens (including phenoxy) is 3. The molecule has 0 aliphatic heterocycles. The number of hydrogen-bond donors (Lipinski definition) is 2. The van der Waals surface area contributed by atoms with Gasteiger partial charge in [0, 0.05) is 18.6 Å². The summed E-state index contributed by atoms with van der Waals surface area (Å²) in [7, 11) is 3.26. The second-order valence-corrected chi connectivity index (χ2v) is 9.67. The molecular formula is C31H32ClNO7. The summed E-state index contributed by atoms with van der Waals surface area (Å²) in [5, 5.41) is 19.1. The van der Waals surface area contributed by atoms with Crippen LogP contribution in [0, 0.1) is 0 Å². The number of aromatic nitrogens is 1. The van der Waals surface area contributed by atoms with Gasteiger partial charge in [-0.25, -0.2) is 4.79 Å². The van der Waals surface area contributed by atoms with E-state index in [1.807, 2.05) is 72.8 Å². The maximum atomic E-state index is 11.9. The summed E-state index contributed by atoms with van der Waals surface area (Å²) in [5.74, 6) is 0.978. The van der Waals surface area contributed by atoms with Crippen molar-refractivity contribution in [2.24, 2.45) is 0 Å². The minimum Gasteiger partial charge on any atom is -0.497 e. The third-order valence-electron chi connectivity index (χ3n) is 6.51. The Morgan fingerprint density at radius 1 is 0.700 bits per heavy atom. The van der Waals surface area contributed by atoms with Gasteiger partial charge in [-0.05, 0) is 72.4 Å². The van der Waals surface area contributed by atoms with Crippen LogP contribution in [0.4, 0.5) is 0 Å². The highest BCUT2D eigenvalue weighted by Gasteiger charge is 2.34. The van der Waals surface area contributed by atoms with Gasteiger partial charge in [0.05, 0.1) is 20.8 Å². The smallest absolute Gasteiger partial charge is 0.333 e. The molecule has 0 saturated carbocycles. The van der Waals surface area contributed by atoms with Gasteiger partial charge in [-0.3, -0.25) is 0 Å². The van der Waals surface area contributed by atoms with Gasteiger partial charge in [0.25, 0.3) is 0 Å². The molecule has 1 aromatic heterocycles. The van der Waals surface area contributed by atoms with Crippen LogP contribution < -0.4 is 19.0 Å². The third kappa shape index (κ3) is 6.63. The van der Waals surface area contributed by atoms with Crippen molar-refractivity contribution in [1.82, 2.24) is 4.73 Å². The van der Waals surface area contributed by atoms with E-state index in [1.54, 1.807) is 14.2 Å². The number of carbonyl (C=O) groups is 1. The molecule has 40 heavy (non-hydrogen) atoms. The predicted molar refractivity (Wildman–Crippen MR) is 151 cm³/mol. The van der Waals surface area contributed by atoms with E-state index in [9.17, 15) is 15.0 Å². The molecule has 0 atom stereocenters. The Kier molecular flexibility index (Phi) is 9.45. The van der Waals surface area contributed by atoms with E-state index in [0.29, 0.717) is 23.5 Å². The summed E-state index contributed by atoms with van der Waals surface area (Å²) >= 11 is 7.42. The normalized spacial score (nSPS) is 11.2. The quantitative estimate of drug-likeness (QED) is 0.116. The topological polar surface area (TPSA) is 99.4 Å². The maximum Gasteiger partial charge on any atom is 0.333 e. The zero-order valence-corrected chi connectivity index (χ0v) is 23.1. The van der Waals surface area contributed by atoms with Crippen LogP contribution in [-0.2, 0) is 9.67 Å². The van der Waals surface area contributed by atoms with Crippen molar-refractivity contribution in [3.8, 4) is 29.0 Å². The number of carbonyl (C=O) groups excluding carboxylic acids is 1. The van der Waals surface area contributed by atoms with Crippen molar-refractivity contribution in [2.75, 3.05) is 20.8 Å². The zero-order chi connectivity index (χ0) is 28.5. The van der Waals surface area contributed by atoms with Crippen LogP contribution in [0.3, 0.4) is 0 Å². The lowest BCUT2D eigenvalue weighted by molar-refractivity contribution is -0.145. The van der Waals surface area contributed by atoms with E-state index < -0.39 is 10.8 Å². The Morgan fingerprint density at radius 2 is 1.15 bits per heavy atom. The summed E-state index contributed by atoms with van der Waals surface area (Å²) in [6.45, 7) is 0.483. The molecule has 0 aliphatic carbocycles. The standard InChI is InChI=1S/C31H32ClNO7/c1-37-25-13-7-22(8-14-25)31(32,23-9-15-26(38-2)16-10-23)24-11-17-27(18-12-24)39-21-5-3-4-6-30(36)40-33-28(34)19-20-29(33)35/h7-20,34-35H,3-6,21H2,1-2H3.